The first kappa shape index (κ1) is 14.0. The molecule has 2 aromatic rings. The van der Waals surface area contributed by atoms with Crippen LogP contribution in [0, 0.1) is 0 Å². The van der Waals surface area contributed by atoms with Crippen LogP contribution in [0.25, 0.3) is 0 Å². The van der Waals surface area contributed by atoms with Crippen molar-refractivity contribution in [3.63, 3.8) is 0 Å². The molecule has 21 heavy (non-hydrogen) atoms. The number of hydrogen-bond donors (Lipinski definition) is 1. The van der Waals surface area contributed by atoms with Gasteiger partial charge in [-0.1, -0.05) is 47.5 Å². The van der Waals surface area contributed by atoms with Crippen LogP contribution in [0.2, 0.25) is 0 Å². The molecule has 2 heterocycles. The molecule has 6 heteroatoms. The van der Waals surface area contributed by atoms with Crippen molar-refractivity contribution in [1.82, 2.24) is 9.78 Å². The average molecular weight is 348 g/mol. The molecule has 1 aromatic heterocycles. The molecule has 1 unspecified atom stereocenters. The topological polar surface area (TPSA) is 64.0 Å². The van der Waals surface area contributed by atoms with Gasteiger partial charge in [0.25, 0.3) is 5.91 Å². The summed E-state index contributed by atoms with van der Waals surface area (Å²) < 4.78 is 2.04. The molecule has 0 bridgehead atoms. The van der Waals surface area contributed by atoms with Gasteiger partial charge in [0.1, 0.15) is 11.7 Å². The van der Waals surface area contributed by atoms with Crippen LogP contribution in [0.3, 0.4) is 0 Å². The summed E-state index contributed by atoms with van der Waals surface area (Å²) in [7, 11) is 0. The Balaban J connectivity index is 2.03. The van der Waals surface area contributed by atoms with Crippen molar-refractivity contribution in [3.8, 4) is 0 Å². The summed E-state index contributed by atoms with van der Waals surface area (Å²) in [6.45, 7) is 2.04. The van der Waals surface area contributed by atoms with Gasteiger partial charge in [-0.15, -0.1) is 0 Å². The first-order chi connectivity index (χ1) is 10.1. The van der Waals surface area contributed by atoms with Crippen LogP contribution < -0.4 is 5.32 Å². The summed E-state index contributed by atoms with van der Waals surface area (Å²) >= 11 is 3.39. The van der Waals surface area contributed by atoms with Gasteiger partial charge in [-0.25, -0.2) is 0 Å². The molecule has 108 valence electrons. The number of anilines is 1. The second-order valence-electron chi connectivity index (χ2n) is 4.96. The summed E-state index contributed by atoms with van der Waals surface area (Å²) in [5, 5.41) is 7.06. The number of rotatable bonds is 3. The van der Waals surface area contributed by atoms with Gasteiger partial charge in [0.15, 0.2) is 0 Å². The second kappa shape index (κ2) is 5.44. The third-order valence-electron chi connectivity index (χ3n) is 3.45. The molecule has 3 rings (SSSR count). The van der Waals surface area contributed by atoms with Crippen LogP contribution >= 0.6 is 15.9 Å². The number of aromatic nitrogens is 2. The molecule has 1 atom stereocenters. The zero-order valence-corrected chi connectivity index (χ0v) is 13.1. The van der Waals surface area contributed by atoms with Gasteiger partial charge in [0.2, 0.25) is 5.91 Å². The number of aryl methyl sites for hydroxylation is 1. The highest BCUT2D eigenvalue weighted by molar-refractivity contribution is 9.10. The molecule has 0 saturated heterocycles. The minimum Gasteiger partial charge on any atom is -0.309 e. The monoisotopic (exact) mass is 347 g/mol. The fraction of sp³-hybridized carbons (Fsp3) is 0.267. The molecule has 0 radical (unpaired) electrons. The van der Waals surface area contributed by atoms with Crippen molar-refractivity contribution >= 4 is 33.6 Å². The Kier molecular flexibility index (Phi) is 3.63. The normalized spacial score (nSPS) is 17.5. The molecule has 0 aliphatic carbocycles. The highest BCUT2D eigenvalue weighted by Crippen LogP contribution is 2.31. The molecule has 0 fully saturated rings. The van der Waals surface area contributed by atoms with Crippen molar-refractivity contribution in [2.45, 2.75) is 25.7 Å². The predicted molar refractivity (Wildman–Crippen MR) is 82.4 cm³/mol. The second-order valence-corrected chi connectivity index (χ2v) is 5.82. The lowest BCUT2D eigenvalue weighted by Gasteiger charge is -2.22. The van der Waals surface area contributed by atoms with Gasteiger partial charge < -0.3 is 5.32 Å². The third-order valence-corrected chi connectivity index (χ3v) is 4.17. The first-order valence-corrected chi connectivity index (χ1v) is 7.59. The molecule has 1 aromatic carbocycles. The van der Waals surface area contributed by atoms with E-state index in [4.69, 9.17) is 0 Å². The third kappa shape index (κ3) is 2.40. The van der Waals surface area contributed by atoms with Crippen LogP contribution in [-0.2, 0) is 11.2 Å². The Morgan fingerprint density at radius 3 is 2.81 bits per heavy atom. The maximum atomic E-state index is 12.6. The van der Waals surface area contributed by atoms with Gasteiger partial charge >= 0.3 is 0 Å². The van der Waals surface area contributed by atoms with Crippen molar-refractivity contribution in [2.75, 3.05) is 5.32 Å². The van der Waals surface area contributed by atoms with E-state index in [1.54, 1.807) is 12.1 Å². The minimum absolute atomic E-state index is 0.317. The maximum absolute atomic E-state index is 12.6. The summed E-state index contributed by atoms with van der Waals surface area (Å²) in [5.74, 6) is -1.05. The quantitative estimate of drug-likeness (QED) is 0.868. The number of nitrogens with zero attached hydrogens (tertiary/aromatic N) is 2. The van der Waals surface area contributed by atoms with Crippen molar-refractivity contribution < 1.29 is 9.59 Å². The summed E-state index contributed by atoms with van der Waals surface area (Å²) in [6.07, 6.45) is 1.72. The standard InChI is InChI=1S/C15H14BrN3O2/c1-2-5-9-8-12-17-14(20)13(15(21)19(12)18-9)10-6-3-4-7-11(10)16/h3-4,6-8,13H,2,5H2,1H3,(H,17,20). The van der Waals surface area contributed by atoms with E-state index in [1.165, 1.54) is 4.68 Å². The molecule has 5 nitrogen and oxygen atoms in total. The van der Waals surface area contributed by atoms with Gasteiger partial charge in [0.05, 0.1) is 5.69 Å². The Morgan fingerprint density at radius 2 is 2.10 bits per heavy atom. The van der Waals surface area contributed by atoms with E-state index in [2.05, 4.69) is 26.3 Å². The van der Waals surface area contributed by atoms with Gasteiger partial charge in [-0.3, -0.25) is 9.59 Å². The molecule has 0 spiro atoms. The van der Waals surface area contributed by atoms with Gasteiger partial charge in [0, 0.05) is 10.5 Å². The lowest BCUT2D eigenvalue weighted by atomic mass is 9.96. The molecule has 1 amide bonds. The molecule has 0 saturated carbocycles. The highest BCUT2D eigenvalue weighted by Gasteiger charge is 2.37. The molecule has 1 aliphatic heterocycles. The summed E-state index contributed by atoms with van der Waals surface area (Å²) in [6, 6.07) is 9.00. The number of carbonyl (C=O) groups is 2. The van der Waals surface area contributed by atoms with E-state index < -0.39 is 5.92 Å². The van der Waals surface area contributed by atoms with Crippen LogP contribution in [-0.4, -0.2) is 21.6 Å². The number of halogens is 1. The molecule has 1 N–H and O–H groups in total. The summed E-state index contributed by atoms with van der Waals surface area (Å²) in [4.78, 5) is 24.9. The van der Waals surface area contributed by atoms with Gasteiger partial charge in [-0.2, -0.15) is 9.78 Å². The Labute approximate surface area is 130 Å². The molecular weight excluding hydrogens is 334 g/mol. The minimum atomic E-state index is -0.873. The van der Waals surface area contributed by atoms with Crippen LogP contribution in [0.1, 0.15) is 35.3 Å². The predicted octanol–water partition coefficient (Wildman–Crippen LogP) is 2.97. The number of amides is 1. The first-order valence-electron chi connectivity index (χ1n) is 6.80. The summed E-state index contributed by atoms with van der Waals surface area (Å²) in [5.41, 5.74) is 1.46. The van der Waals surface area contributed by atoms with Crippen LogP contribution in [0.5, 0.6) is 0 Å². The van der Waals surface area contributed by atoms with Crippen molar-refractivity contribution in [1.29, 1.82) is 0 Å². The van der Waals surface area contributed by atoms with Crippen molar-refractivity contribution in [3.05, 3.63) is 46.1 Å². The van der Waals surface area contributed by atoms with Gasteiger partial charge in [-0.05, 0) is 18.1 Å². The highest BCUT2D eigenvalue weighted by atomic mass is 79.9. The van der Waals surface area contributed by atoms with Crippen LogP contribution in [0.15, 0.2) is 34.8 Å². The fourth-order valence-electron chi connectivity index (χ4n) is 2.48. The number of fused-ring (bicyclic) bond motifs is 1. The van der Waals surface area contributed by atoms with Crippen LogP contribution in [0.4, 0.5) is 5.82 Å². The zero-order valence-electron chi connectivity index (χ0n) is 11.5. The van der Waals surface area contributed by atoms with E-state index in [1.807, 2.05) is 25.1 Å². The lowest BCUT2D eigenvalue weighted by molar-refractivity contribution is -0.117. The van der Waals surface area contributed by atoms with E-state index in [0.717, 1.165) is 23.0 Å². The number of nitrogens with one attached hydrogen (secondary N) is 1. The lowest BCUT2D eigenvalue weighted by Crippen LogP contribution is -2.38. The Morgan fingerprint density at radius 1 is 1.33 bits per heavy atom. The van der Waals surface area contributed by atoms with E-state index in [-0.39, 0.29) is 11.8 Å². The maximum Gasteiger partial charge on any atom is 0.265 e. The Bertz CT molecular complexity index is 723. The molecule has 1 aliphatic rings. The van der Waals surface area contributed by atoms with Crippen molar-refractivity contribution in [2.24, 2.45) is 0 Å². The van der Waals surface area contributed by atoms with E-state index >= 15 is 0 Å². The SMILES string of the molecule is CCCc1cc2n(n1)C(=O)C(c1ccccc1Br)C(=O)N2. The van der Waals surface area contributed by atoms with E-state index in [0.29, 0.717) is 11.4 Å². The average Bonchev–Trinajstić information content (AvgIpc) is 2.84. The van der Waals surface area contributed by atoms with E-state index in [9.17, 15) is 9.59 Å². The smallest absolute Gasteiger partial charge is 0.265 e. The zero-order chi connectivity index (χ0) is 15.0. The number of benzene rings is 1. The molecular formula is C15H14BrN3O2. The number of hydrogen-bond acceptors (Lipinski definition) is 3. The Hall–Kier alpha value is -1.95. The fourth-order valence-corrected chi connectivity index (χ4v) is 3.00. The largest absolute Gasteiger partial charge is 0.309 e. The number of carbonyl (C=O) groups excluding carboxylic acids is 2.